The molecule has 4 rings (SSSR count). The molecule has 0 aliphatic carbocycles. The summed E-state index contributed by atoms with van der Waals surface area (Å²) in [6.45, 7) is -0.152. The molecule has 0 aliphatic rings. The zero-order valence-corrected chi connectivity index (χ0v) is 16.4. The fourth-order valence-corrected chi connectivity index (χ4v) is 3.43. The van der Waals surface area contributed by atoms with Gasteiger partial charge in [-0.05, 0) is 24.3 Å². The second-order valence-electron chi connectivity index (χ2n) is 6.90. The van der Waals surface area contributed by atoms with Crippen molar-refractivity contribution < 1.29 is 19.9 Å². The number of rotatable bonds is 5. The number of phenolic OH excluding ortho intramolecular Hbond substituents is 2. The highest BCUT2D eigenvalue weighted by Gasteiger charge is 2.17. The minimum Gasteiger partial charge on any atom is -0.507 e. The Labute approximate surface area is 179 Å². The number of hydrazone groups is 1. The standard InChI is InChI=1S/C22H16N4O6/c27-19-10-20(28)18(26(31)32)9-13(19)11-23-24-21(29)12-25-16-7-3-1-5-14(16)22(30)15-6-2-4-8-17(15)25/h1-11,27-28H,12H2,(H,24,29)/b23-11-. The summed E-state index contributed by atoms with van der Waals surface area (Å²) >= 11 is 0. The molecule has 0 unspecified atom stereocenters. The lowest BCUT2D eigenvalue weighted by Gasteiger charge is -2.14. The number of aromatic nitrogens is 1. The van der Waals surface area contributed by atoms with Crippen LogP contribution < -0.4 is 10.9 Å². The van der Waals surface area contributed by atoms with Crippen molar-refractivity contribution in [2.75, 3.05) is 0 Å². The lowest BCUT2D eigenvalue weighted by atomic mass is 10.1. The van der Waals surface area contributed by atoms with Gasteiger partial charge in [-0.25, -0.2) is 5.43 Å². The number of hydrogen-bond acceptors (Lipinski definition) is 7. The predicted octanol–water partition coefficient (Wildman–Crippen LogP) is 2.62. The first-order valence-electron chi connectivity index (χ1n) is 9.39. The maximum absolute atomic E-state index is 12.8. The summed E-state index contributed by atoms with van der Waals surface area (Å²) in [7, 11) is 0. The molecule has 1 amide bonds. The zero-order valence-electron chi connectivity index (χ0n) is 16.4. The highest BCUT2D eigenvalue weighted by atomic mass is 16.6. The fourth-order valence-electron chi connectivity index (χ4n) is 3.43. The number of phenols is 2. The lowest BCUT2D eigenvalue weighted by Crippen LogP contribution is -2.25. The van der Waals surface area contributed by atoms with Crippen LogP contribution in [-0.2, 0) is 11.3 Å². The largest absolute Gasteiger partial charge is 0.507 e. The number of nitrogens with one attached hydrogen (secondary N) is 1. The number of amides is 1. The first-order valence-corrected chi connectivity index (χ1v) is 9.39. The van der Waals surface area contributed by atoms with E-state index in [1.807, 2.05) is 0 Å². The van der Waals surface area contributed by atoms with E-state index in [2.05, 4.69) is 10.5 Å². The molecule has 1 aromatic heterocycles. The van der Waals surface area contributed by atoms with Crippen molar-refractivity contribution in [2.24, 2.45) is 5.10 Å². The van der Waals surface area contributed by atoms with Crippen LogP contribution in [0.25, 0.3) is 21.8 Å². The number of pyridine rings is 1. The van der Waals surface area contributed by atoms with Crippen LogP contribution >= 0.6 is 0 Å². The number of nitro benzene ring substituents is 1. The number of fused-ring (bicyclic) bond motifs is 2. The maximum atomic E-state index is 12.8. The molecule has 160 valence electrons. The smallest absolute Gasteiger partial charge is 0.311 e. The molecular weight excluding hydrogens is 416 g/mol. The number of carbonyl (C=O) groups excluding carboxylic acids is 1. The van der Waals surface area contributed by atoms with Crippen LogP contribution in [0.15, 0.2) is 70.6 Å². The molecule has 0 spiro atoms. The van der Waals surface area contributed by atoms with E-state index < -0.39 is 28.0 Å². The van der Waals surface area contributed by atoms with Crippen molar-refractivity contribution >= 4 is 39.6 Å². The Morgan fingerprint density at radius 2 is 1.62 bits per heavy atom. The second-order valence-corrected chi connectivity index (χ2v) is 6.90. The van der Waals surface area contributed by atoms with E-state index in [4.69, 9.17) is 0 Å². The number of nitro groups is 1. The van der Waals surface area contributed by atoms with Gasteiger partial charge in [0, 0.05) is 28.5 Å². The topological polar surface area (TPSA) is 147 Å². The van der Waals surface area contributed by atoms with Crippen molar-refractivity contribution in [1.82, 2.24) is 9.99 Å². The van der Waals surface area contributed by atoms with Gasteiger partial charge in [0.15, 0.2) is 11.2 Å². The number of para-hydroxylation sites is 2. The molecular formula is C22H16N4O6. The molecule has 10 heteroatoms. The summed E-state index contributed by atoms with van der Waals surface area (Å²) in [5, 5.41) is 35.0. The van der Waals surface area contributed by atoms with Gasteiger partial charge in [-0.15, -0.1) is 0 Å². The van der Waals surface area contributed by atoms with Crippen LogP contribution in [0.5, 0.6) is 11.5 Å². The van der Waals surface area contributed by atoms with Crippen LogP contribution in [0.4, 0.5) is 5.69 Å². The molecule has 3 aromatic carbocycles. The Kier molecular flexibility index (Phi) is 5.25. The van der Waals surface area contributed by atoms with E-state index in [1.165, 1.54) is 0 Å². The molecule has 4 aromatic rings. The normalized spacial score (nSPS) is 11.2. The van der Waals surface area contributed by atoms with Gasteiger partial charge >= 0.3 is 5.69 Å². The lowest BCUT2D eigenvalue weighted by molar-refractivity contribution is -0.385. The van der Waals surface area contributed by atoms with Gasteiger partial charge in [-0.3, -0.25) is 19.7 Å². The van der Waals surface area contributed by atoms with Crippen LogP contribution in [0.1, 0.15) is 5.56 Å². The SMILES string of the molecule is O=C(Cn1c2ccccc2c(=O)c2ccccc21)N/N=C\c1cc([N+](=O)[O-])c(O)cc1O. The quantitative estimate of drug-likeness (QED) is 0.191. The molecule has 0 atom stereocenters. The average molecular weight is 432 g/mol. The third-order valence-electron chi connectivity index (χ3n) is 4.89. The second kappa shape index (κ2) is 8.19. The Morgan fingerprint density at radius 3 is 2.22 bits per heavy atom. The van der Waals surface area contributed by atoms with E-state index >= 15 is 0 Å². The van der Waals surface area contributed by atoms with E-state index in [0.29, 0.717) is 21.8 Å². The minimum atomic E-state index is -0.808. The Hall–Kier alpha value is -4.73. The molecule has 0 bridgehead atoms. The molecule has 10 nitrogen and oxygen atoms in total. The van der Waals surface area contributed by atoms with Crippen molar-refractivity contribution in [2.45, 2.75) is 6.54 Å². The zero-order chi connectivity index (χ0) is 22.8. The van der Waals surface area contributed by atoms with Gasteiger partial charge in [0.25, 0.3) is 5.91 Å². The van der Waals surface area contributed by atoms with Crippen LogP contribution in [-0.4, -0.2) is 31.8 Å². The molecule has 0 saturated heterocycles. The van der Waals surface area contributed by atoms with Gasteiger partial charge in [-0.1, -0.05) is 24.3 Å². The summed E-state index contributed by atoms with van der Waals surface area (Å²) in [5.74, 6) is -1.65. The molecule has 0 aliphatic heterocycles. The molecule has 32 heavy (non-hydrogen) atoms. The Morgan fingerprint density at radius 1 is 1.03 bits per heavy atom. The fraction of sp³-hybridized carbons (Fsp3) is 0.0455. The van der Waals surface area contributed by atoms with Gasteiger partial charge in [0.1, 0.15) is 12.3 Å². The molecule has 3 N–H and O–H groups in total. The van der Waals surface area contributed by atoms with Gasteiger partial charge < -0.3 is 14.8 Å². The maximum Gasteiger partial charge on any atom is 0.311 e. The monoisotopic (exact) mass is 432 g/mol. The van der Waals surface area contributed by atoms with E-state index in [-0.39, 0.29) is 17.5 Å². The third kappa shape index (κ3) is 3.72. The first-order chi connectivity index (χ1) is 15.4. The number of aromatic hydroxyl groups is 2. The van der Waals surface area contributed by atoms with Crippen LogP contribution in [0, 0.1) is 10.1 Å². The van der Waals surface area contributed by atoms with Crippen LogP contribution in [0.3, 0.4) is 0 Å². The highest BCUT2D eigenvalue weighted by Crippen LogP contribution is 2.31. The summed E-state index contributed by atoms with van der Waals surface area (Å²) in [6, 6.07) is 15.7. The van der Waals surface area contributed by atoms with Crippen molar-refractivity contribution in [3.63, 3.8) is 0 Å². The number of benzene rings is 3. The van der Waals surface area contributed by atoms with Gasteiger partial charge in [0.2, 0.25) is 0 Å². The summed E-state index contributed by atoms with van der Waals surface area (Å²) in [5.41, 5.74) is 2.67. The summed E-state index contributed by atoms with van der Waals surface area (Å²) in [4.78, 5) is 35.4. The number of carbonyl (C=O) groups is 1. The number of hydrogen-bond donors (Lipinski definition) is 3. The van der Waals surface area contributed by atoms with Gasteiger partial charge in [-0.2, -0.15) is 5.10 Å². The summed E-state index contributed by atoms with van der Waals surface area (Å²) < 4.78 is 1.69. The molecule has 1 heterocycles. The van der Waals surface area contributed by atoms with Gasteiger partial charge in [0.05, 0.1) is 22.2 Å². The Balaban J connectivity index is 1.63. The molecule has 0 saturated carbocycles. The average Bonchev–Trinajstić information content (AvgIpc) is 2.78. The number of nitrogens with zero attached hydrogens (tertiary/aromatic N) is 3. The highest BCUT2D eigenvalue weighted by molar-refractivity contribution is 5.95. The van der Waals surface area contributed by atoms with Crippen LogP contribution in [0.2, 0.25) is 0 Å². The Bertz CT molecular complexity index is 1420. The van der Waals surface area contributed by atoms with Crippen molar-refractivity contribution in [3.05, 3.63) is 86.6 Å². The van der Waals surface area contributed by atoms with Crippen molar-refractivity contribution in [1.29, 1.82) is 0 Å². The minimum absolute atomic E-state index is 0.0611. The molecule has 0 radical (unpaired) electrons. The molecule has 0 fully saturated rings. The third-order valence-corrected chi connectivity index (χ3v) is 4.89. The summed E-state index contributed by atoms with van der Waals surface area (Å²) in [6.07, 6.45) is 1.03. The van der Waals surface area contributed by atoms with E-state index in [1.54, 1.807) is 53.1 Å². The first kappa shape index (κ1) is 20.5. The predicted molar refractivity (Wildman–Crippen MR) is 118 cm³/mol. The van der Waals surface area contributed by atoms with Crippen molar-refractivity contribution in [3.8, 4) is 11.5 Å². The van der Waals surface area contributed by atoms with E-state index in [9.17, 15) is 29.9 Å². The van der Waals surface area contributed by atoms with E-state index in [0.717, 1.165) is 18.3 Å².